The van der Waals surface area contributed by atoms with E-state index in [2.05, 4.69) is 4.98 Å². The molecular weight excluding hydrogens is 173 g/mol. The average molecular weight is 180 g/mol. The Labute approximate surface area is 69.6 Å². The first kappa shape index (κ1) is 9.31. The molecule has 1 aromatic rings. The van der Waals surface area contributed by atoms with Gasteiger partial charge in [-0.1, -0.05) is 6.07 Å². The van der Waals surface area contributed by atoms with Crippen molar-refractivity contribution in [3.8, 4) is 0 Å². The third kappa shape index (κ3) is 2.28. The summed E-state index contributed by atoms with van der Waals surface area (Å²) in [6, 6.07) is 5.28. The summed E-state index contributed by atoms with van der Waals surface area (Å²) >= 11 is 0. The van der Waals surface area contributed by atoms with Gasteiger partial charge in [0, 0.05) is 29.6 Å². The van der Waals surface area contributed by atoms with Crippen molar-refractivity contribution in [3.05, 3.63) is 30.1 Å². The predicted octanol–water partition coefficient (Wildman–Crippen LogP) is 1.28. The van der Waals surface area contributed by atoms with Gasteiger partial charge in [-0.05, 0) is 12.1 Å². The number of ketones is 1. The van der Waals surface area contributed by atoms with E-state index in [0.717, 1.165) is 0 Å². The zero-order valence-electron chi connectivity index (χ0n) is 5.48. The molecule has 0 atom stereocenters. The molecule has 1 rings (SSSR count). The molecule has 0 aliphatic rings. The number of aromatic nitrogens is 1. The van der Waals surface area contributed by atoms with Crippen molar-refractivity contribution >= 4 is 5.78 Å². The van der Waals surface area contributed by atoms with E-state index < -0.39 is 0 Å². The molecule has 0 saturated heterocycles. The topological polar surface area (TPSA) is 30.0 Å². The minimum Gasteiger partial charge on any atom is -0.293 e. The third-order valence-corrected chi connectivity index (χ3v) is 1.03. The van der Waals surface area contributed by atoms with E-state index in [9.17, 15) is 4.79 Å². The molecule has 0 fully saturated rings. The van der Waals surface area contributed by atoms with Gasteiger partial charge in [0.1, 0.15) is 5.69 Å². The Hall–Kier alpha value is -0.686. The zero-order valence-corrected chi connectivity index (χ0v) is 6.47. The van der Waals surface area contributed by atoms with Gasteiger partial charge < -0.3 is 0 Å². The maximum absolute atomic E-state index is 10.6. The van der Waals surface area contributed by atoms with Crippen molar-refractivity contribution in [1.29, 1.82) is 0 Å². The molecule has 0 spiro atoms. The number of hydrogen-bond donors (Lipinski definition) is 0. The van der Waals surface area contributed by atoms with Crippen molar-refractivity contribution in [2.75, 3.05) is 0 Å². The maximum atomic E-state index is 10.6. The Bertz CT molecular complexity index is 210. The largest absolute Gasteiger partial charge is 0.293 e. The fourth-order valence-electron chi connectivity index (χ4n) is 0.571. The van der Waals surface area contributed by atoms with Crippen LogP contribution in [0.2, 0.25) is 0 Å². The Kier molecular flexibility index (Phi) is 3.89. The predicted molar refractivity (Wildman–Crippen MR) is 34.2 cm³/mol. The summed E-state index contributed by atoms with van der Waals surface area (Å²) in [6.07, 6.45) is 1.61. The number of rotatable bonds is 1. The van der Waals surface area contributed by atoms with Crippen LogP contribution in [0.15, 0.2) is 24.4 Å². The molecule has 2 nitrogen and oxygen atoms in total. The molecule has 0 amide bonds. The van der Waals surface area contributed by atoms with Crippen molar-refractivity contribution < 1.29 is 21.3 Å². The minimum atomic E-state index is 0. The van der Waals surface area contributed by atoms with Crippen LogP contribution < -0.4 is 0 Å². The molecule has 3 heteroatoms. The molecule has 0 aromatic carbocycles. The number of hydrogen-bond acceptors (Lipinski definition) is 2. The first-order chi connectivity index (χ1) is 4.30. The SMILES string of the molecule is CC(=O)c1ccccn1.[Ni]. The molecular formula is C7H7NNiO. The van der Waals surface area contributed by atoms with Gasteiger partial charge in [-0.2, -0.15) is 0 Å². The van der Waals surface area contributed by atoms with Crippen molar-refractivity contribution in [2.24, 2.45) is 0 Å². The Morgan fingerprint density at radius 2 is 2.20 bits per heavy atom. The minimum absolute atomic E-state index is 0. The van der Waals surface area contributed by atoms with Crippen LogP contribution in [-0.2, 0) is 16.5 Å². The normalized spacial score (nSPS) is 8.10. The van der Waals surface area contributed by atoms with E-state index in [0.29, 0.717) is 5.69 Å². The molecule has 0 saturated carbocycles. The van der Waals surface area contributed by atoms with Gasteiger partial charge >= 0.3 is 0 Å². The van der Waals surface area contributed by atoms with Crippen LogP contribution in [0.3, 0.4) is 0 Å². The van der Waals surface area contributed by atoms with Crippen molar-refractivity contribution in [2.45, 2.75) is 6.92 Å². The van der Waals surface area contributed by atoms with Crippen LogP contribution in [0.4, 0.5) is 0 Å². The van der Waals surface area contributed by atoms with E-state index in [1.807, 2.05) is 0 Å². The summed E-state index contributed by atoms with van der Waals surface area (Å²) in [5.41, 5.74) is 0.525. The zero-order chi connectivity index (χ0) is 6.69. The molecule has 0 bridgehead atoms. The molecule has 10 heavy (non-hydrogen) atoms. The molecule has 0 aliphatic carbocycles. The number of pyridine rings is 1. The van der Waals surface area contributed by atoms with Crippen LogP contribution in [0.5, 0.6) is 0 Å². The molecule has 0 aliphatic heterocycles. The molecule has 1 aromatic heterocycles. The third-order valence-electron chi connectivity index (χ3n) is 1.03. The van der Waals surface area contributed by atoms with Crippen LogP contribution in [0, 0.1) is 0 Å². The second-order valence-electron chi connectivity index (χ2n) is 1.77. The van der Waals surface area contributed by atoms with Crippen LogP contribution in [0.1, 0.15) is 17.4 Å². The summed E-state index contributed by atoms with van der Waals surface area (Å²) in [5, 5.41) is 0. The summed E-state index contributed by atoms with van der Waals surface area (Å²) in [5.74, 6) is 0.00981. The number of Topliss-reactive ketones (excluding diaryl/α,β-unsaturated/α-hetero) is 1. The second kappa shape index (κ2) is 4.18. The maximum Gasteiger partial charge on any atom is 0.178 e. The van der Waals surface area contributed by atoms with Crippen LogP contribution in [0.25, 0.3) is 0 Å². The fraction of sp³-hybridized carbons (Fsp3) is 0.143. The number of carbonyl (C=O) groups excluding carboxylic acids is 1. The van der Waals surface area contributed by atoms with Crippen molar-refractivity contribution in [1.82, 2.24) is 4.98 Å². The number of nitrogens with zero attached hydrogens (tertiary/aromatic N) is 1. The Morgan fingerprint density at radius 1 is 1.50 bits per heavy atom. The molecule has 1 heterocycles. The summed E-state index contributed by atoms with van der Waals surface area (Å²) in [6.45, 7) is 1.50. The fourth-order valence-corrected chi connectivity index (χ4v) is 0.571. The standard InChI is InChI=1S/C7H7NO.Ni/c1-6(9)7-4-2-3-5-8-7;/h2-5H,1H3;. The van der Waals surface area contributed by atoms with E-state index in [1.54, 1.807) is 24.4 Å². The molecule has 0 radical (unpaired) electrons. The van der Waals surface area contributed by atoms with E-state index >= 15 is 0 Å². The first-order valence-corrected chi connectivity index (χ1v) is 2.72. The molecule has 0 N–H and O–H groups in total. The average Bonchev–Trinajstić information content (AvgIpc) is 1.90. The van der Waals surface area contributed by atoms with Gasteiger partial charge in [-0.3, -0.25) is 9.78 Å². The van der Waals surface area contributed by atoms with Gasteiger partial charge in [0.05, 0.1) is 0 Å². The van der Waals surface area contributed by atoms with Crippen LogP contribution >= 0.6 is 0 Å². The smallest absolute Gasteiger partial charge is 0.178 e. The monoisotopic (exact) mass is 179 g/mol. The van der Waals surface area contributed by atoms with E-state index in [1.165, 1.54) is 6.92 Å². The Balaban J connectivity index is 0.000000810. The number of carbonyl (C=O) groups is 1. The molecule has 56 valence electrons. The van der Waals surface area contributed by atoms with Gasteiger partial charge in [0.25, 0.3) is 0 Å². The van der Waals surface area contributed by atoms with Gasteiger partial charge in [-0.15, -0.1) is 0 Å². The second-order valence-corrected chi connectivity index (χ2v) is 1.77. The summed E-state index contributed by atoms with van der Waals surface area (Å²) < 4.78 is 0. The summed E-state index contributed by atoms with van der Waals surface area (Å²) in [4.78, 5) is 14.4. The first-order valence-electron chi connectivity index (χ1n) is 2.72. The summed E-state index contributed by atoms with van der Waals surface area (Å²) in [7, 11) is 0. The van der Waals surface area contributed by atoms with Crippen molar-refractivity contribution in [3.63, 3.8) is 0 Å². The Morgan fingerprint density at radius 3 is 2.50 bits per heavy atom. The van der Waals surface area contributed by atoms with Gasteiger partial charge in [0.2, 0.25) is 0 Å². The van der Waals surface area contributed by atoms with E-state index in [-0.39, 0.29) is 22.3 Å². The quantitative estimate of drug-likeness (QED) is 0.481. The van der Waals surface area contributed by atoms with Crippen LogP contribution in [-0.4, -0.2) is 10.8 Å². The van der Waals surface area contributed by atoms with Gasteiger partial charge in [0.15, 0.2) is 5.78 Å². The van der Waals surface area contributed by atoms with E-state index in [4.69, 9.17) is 0 Å². The van der Waals surface area contributed by atoms with Gasteiger partial charge in [-0.25, -0.2) is 0 Å². The molecule has 0 unspecified atom stereocenters.